The average Bonchev–Trinajstić information content (AvgIpc) is 3.08. The number of nitrogens with zero attached hydrogens (tertiary/aromatic N) is 4. The quantitative estimate of drug-likeness (QED) is 0.608. The minimum atomic E-state index is -0.615. The van der Waals surface area contributed by atoms with Crippen molar-refractivity contribution in [2.45, 2.75) is 25.8 Å². The number of benzene rings is 1. The Kier molecular flexibility index (Phi) is 5.74. The minimum Gasteiger partial charge on any atom is -0.497 e. The van der Waals surface area contributed by atoms with E-state index in [1.165, 1.54) is 55.9 Å². The number of likely N-dealkylation sites (tertiary alicyclic amines) is 1. The first kappa shape index (κ1) is 18.2. The van der Waals surface area contributed by atoms with Crippen LogP contribution in [-0.2, 0) is 6.54 Å². The molecule has 0 atom stereocenters. The lowest BCUT2D eigenvalue weighted by Crippen LogP contribution is -2.28. The highest BCUT2D eigenvalue weighted by atomic mass is 32.1. The van der Waals surface area contributed by atoms with Gasteiger partial charge in [-0.2, -0.15) is 0 Å². The van der Waals surface area contributed by atoms with Crippen molar-refractivity contribution in [2.24, 2.45) is 0 Å². The molecule has 2 aromatic rings. The van der Waals surface area contributed by atoms with Gasteiger partial charge >= 0.3 is 0 Å². The van der Waals surface area contributed by atoms with E-state index in [4.69, 9.17) is 4.74 Å². The summed E-state index contributed by atoms with van der Waals surface area (Å²) in [5.74, 6) is -0.250. The fourth-order valence-corrected chi connectivity index (χ4v) is 3.60. The number of carbonyl (C=O) groups excluding carboxylic acids is 1. The Bertz CT molecular complexity index is 804. The first-order valence-electron chi connectivity index (χ1n) is 8.25. The van der Waals surface area contributed by atoms with Gasteiger partial charge in [0.15, 0.2) is 0 Å². The van der Waals surface area contributed by atoms with Crippen molar-refractivity contribution in [2.75, 3.05) is 25.5 Å². The zero-order valence-corrected chi connectivity index (χ0v) is 15.1. The van der Waals surface area contributed by atoms with E-state index >= 15 is 0 Å². The third-order valence-electron chi connectivity index (χ3n) is 4.14. The molecule has 1 aliphatic heterocycles. The third-order valence-corrected chi connectivity index (χ3v) is 4.96. The number of nitro benzene ring substituents is 1. The molecular weight excluding hydrogens is 358 g/mol. The second-order valence-corrected chi connectivity index (χ2v) is 6.99. The Hall–Kier alpha value is -2.59. The van der Waals surface area contributed by atoms with Crippen molar-refractivity contribution in [3.63, 3.8) is 0 Å². The molecule has 0 radical (unpaired) electrons. The van der Waals surface area contributed by atoms with Crippen molar-refractivity contribution in [1.29, 1.82) is 0 Å². The Balaban J connectivity index is 1.71. The van der Waals surface area contributed by atoms with Crippen molar-refractivity contribution in [1.82, 2.24) is 15.1 Å². The average molecular weight is 377 g/mol. The van der Waals surface area contributed by atoms with Crippen molar-refractivity contribution in [3.8, 4) is 5.75 Å². The first-order valence-corrected chi connectivity index (χ1v) is 9.07. The largest absolute Gasteiger partial charge is 0.497 e. The van der Waals surface area contributed by atoms with Crippen LogP contribution in [0.15, 0.2) is 18.2 Å². The maximum Gasteiger partial charge on any atom is 0.282 e. The molecule has 3 rings (SSSR count). The van der Waals surface area contributed by atoms with Crippen LogP contribution in [0.4, 0.5) is 10.8 Å². The first-order chi connectivity index (χ1) is 12.6. The molecule has 1 amide bonds. The van der Waals surface area contributed by atoms with Gasteiger partial charge < -0.3 is 4.74 Å². The van der Waals surface area contributed by atoms with Gasteiger partial charge in [0.25, 0.3) is 11.6 Å². The molecule has 0 saturated carbocycles. The summed E-state index contributed by atoms with van der Waals surface area (Å²) in [7, 11) is 1.43. The minimum absolute atomic E-state index is 0.0814. The van der Waals surface area contributed by atoms with Crippen molar-refractivity contribution >= 4 is 28.1 Å². The summed E-state index contributed by atoms with van der Waals surface area (Å²) in [6.07, 6.45) is 3.62. The molecular formula is C16H19N5O4S. The van der Waals surface area contributed by atoms with E-state index in [2.05, 4.69) is 20.4 Å². The maximum absolute atomic E-state index is 12.5. The predicted molar refractivity (Wildman–Crippen MR) is 96.6 cm³/mol. The molecule has 1 aromatic carbocycles. The number of anilines is 1. The standard InChI is InChI=1S/C16H19N5O4S/c1-25-11-5-6-13(21(23)24)12(9-11)15(22)17-16-19-18-14(26-16)10-20-7-3-2-4-8-20/h5-6,9H,2-4,7-8,10H2,1H3,(H,17,19,22). The SMILES string of the molecule is COc1ccc([N+](=O)[O-])c(C(=O)Nc2nnc(CN3CCCCC3)s2)c1. The fourth-order valence-electron chi connectivity index (χ4n) is 2.82. The second-order valence-electron chi connectivity index (χ2n) is 5.93. The van der Waals surface area contributed by atoms with Crippen LogP contribution in [0.2, 0.25) is 0 Å². The van der Waals surface area contributed by atoms with Gasteiger partial charge in [-0.3, -0.25) is 25.1 Å². The summed E-state index contributed by atoms with van der Waals surface area (Å²) in [6.45, 7) is 2.78. The molecule has 1 fully saturated rings. The van der Waals surface area contributed by atoms with Gasteiger partial charge in [-0.05, 0) is 38.1 Å². The highest BCUT2D eigenvalue weighted by Crippen LogP contribution is 2.26. The van der Waals surface area contributed by atoms with Crippen LogP contribution in [0.25, 0.3) is 0 Å². The molecule has 26 heavy (non-hydrogen) atoms. The Morgan fingerprint density at radius 2 is 2.12 bits per heavy atom. The number of hydrogen-bond donors (Lipinski definition) is 1. The number of ether oxygens (including phenoxy) is 1. The predicted octanol–water partition coefficient (Wildman–Crippen LogP) is 2.69. The van der Waals surface area contributed by atoms with E-state index in [1.54, 1.807) is 0 Å². The normalized spacial score (nSPS) is 14.8. The van der Waals surface area contributed by atoms with Gasteiger partial charge in [-0.1, -0.05) is 17.8 Å². The lowest BCUT2D eigenvalue weighted by atomic mass is 10.1. The van der Waals surface area contributed by atoms with Crippen LogP contribution in [0.3, 0.4) is 0 Å². The fraction of sp³-hybridized carbons (Fsp3) is 0.438. The lowest BCUT2D eigenvalue weighted by Gasteiger charge is -2.24. The molecule has 0 spiro atoms. The summed E-state index contributed by atoms with van der Waals surface area (Å²) < 4.78 is 5.05. The Morgan fingerprint density at radius 1 is 1.35 bits per heavy atom. The maximum atomic E-state index is 12.5. The van der Waals surface area contributed by atoms with Crippen LogP contribution in [0.1, 0.15) is 34.6 Å². The van der Waals surface area contributed by atoms with Gasteiger partial charge in [0.2, 0.25) is 5.13 Å². The molecule has 0 aliphatic carbocycles. The number of hydrogen-bond acceptors (Lipinski definition) is 8. The van der Waals surface area contributed by atoms with E-state index in [9.17, 15) is 14.9 Å². The number of amides is 1. The number of nitro groups is 1. The number of rotatable bonds is 6. The number of aromatic nitrogens is 2. The third kappa shape index (κ3) is 4.33. The van der Waals surface area contributed by atoms with Crippen LogP contribution in [-0.4, -0.2) is 46.1 Å². The molecule has 0 bridgehead atoms. The molecule has 1 aromatic heterocycles. The van der Waals surface area contributed by atoms with Gasteiger partial charge in [0.1, 0.15) is 16.3 Å². The van der Waals surface area contributed by atoms with Gasteiger partial charge in [-0.25, -0.2) is 0 Å². The number of piperidine rings is 1. The molecule has 138 valence electrons. The van der Waals surface area contributed by atoms with Crippen LogP contribution < -0.4 is 10.1 Å². The zero-order chi connectivity index (χ0) is 18.5. The Morgan fingerprint density at radius 3 is 2.81 bits per heavy atom. The van der Waals surface area contributed by atoms with Crippen LogP contribution in [0.5, 0.6) is 5.75 Å². The number of nitrogens with one attached hydrogen (secondary N) is 1. The summed E-state index contributed by atoms with van der Waals surface area (Å²) >= 11 is 1.28. The van der Waals surface area contributed by atoms with Gasteiger partial charge in [-0.15, -0.1) is 10.2 Å². The molecule has 0 unspecified atom stereocenters. The smallest absolute Gasteiger partial charge is 0.282 e. The van der Waals surface area contributed by atoms with E-state index in [0.717, 1.165) is 18.1 Å². The topological polar surface area (TPSA) is 110 Å². The molecule has 1 saturated heterocycles. The Labute approximate surface area is 154 Å². The highest BCUT2D eigenvalue weighted by Gasteiger charge is 2.22. The van der Waals surface area contributed by atoms with E-state index in [1.807, 2.05) is 0 Å². The molecule has 10 heteroatoms. The molecule has 2 heterocycles. The van der Waals surface area contributed by atoms with Crippen molar-refractivity contribution < 1.29 is 14.5 Å². The van der Waals surface area contributed by atoms with E-state index in [-0.39, 0.29) is 11.3 Å². The van der Waals surface area contributed by atoms with Crippen molar-refractivity contribution in [3.05, 3.63) is 38.9 Å². The van der Waals surface area contributed by atoms with Crippen LogP contribution in [0, 0.1) is 10.1 Å². The lowest BCUT2D eigenvalue weighted by molar-refractivity contribution is -0.385. The van der Waals surface area contributed by atoms with Crippen LogP contribution >= 0.6 is 11.3 Å². The summed E-state index contributed by atoms with van der Waals surface area (Å²) in [4.78, 5) is 25.3. The van der Waals surface area contributed by atoms with E-state index < -0.39 is 10.8 Å². The number of carbonyl (C=O) groups is 1. The number of methoxy groups -OCH3 is 1. The molecule has 1 aliphatic rings. The second kappa shape index (κ2) is 8.19. The molecule has 9 nitrogen and oxygen atoms in total. The monoisotopic (exact) mass is 377 g/mol. The summed E-state index contributed by atoms with van der Waals surface area (Å²) in [6, 6.07) is 4.02. The summed E-state index contributed by atoms with van der Waals surface area (Å²) in [5.41, 5.74) is -0.372. The summed E-state index contributed by atoms with van der Waals surface area (Å²) in [5, 5.41) is 22.9. The van der Waals surface area contributed by atoms with E-state index in [0.29, 0.717) is 17.4 Å². The highest BCUT2D eigenvalue weighted by molar-refractivity contribution is 7.15. The van der Waals surface area contributed by atoms with Gasteiger partial charge in [0.05, 0.1) is 18.6 Å². The van der Waals surface area contributed by atoms with Gasteiger partial charge in [0, 0.05) is 6.07 Å². The zero-order valence-electron chi connectivity index (χ0n) is 14.3. The molecule has 1 N–H and O–H groups in total.